The Kier molecular flexibility index (Phi) is 6.68. The van der Waals surface area contributed by atoms with Crippen molar-refractivity contribution in [2.24, 2.45) is 0 Å². The molecule has 0 saturated carbocycles. The van der Waals surface area contributed by atoms with Gasteiger partial charge in [0.1, 0.15) is 0 Å². The van der Waals surface area contributed by atoms with Crippen LogP contribution in [0, 0.1) is 6.92 Å². The molecule has 2 aromatic carbocycles. The van der Waals surface area contributed by atoms with Crippen molar-refractivity contribution < 1.29 is 23.9 Å². The molecule has 0 aromatic heterocycles. The second kappa shape index (κ2) is 9.17. The molecule has 0 fully saturated rings. The number of carbonyl (C=O) groups excluding carboxylic acids is 3. The SMILES string of the molecule is COC(=O)c1ccc(NC(=O)COC(=O)/C=C/c2ccccc2C)cc1. The van der Waals surface area contributed by atoms with Gasteiger partial charge in [0, 0.05) is 11.8 Å². The molecule has 0 saturated heterocycles. The van der Waals surface area contributed by atoms with Gasteiger partial charge in [-0.3, -0.25) is 4.79 Å². The third-order valence-corrected chi connectivity index (χ3v) is 3.52. The lowest BCUT2D eigenvalue weighted by Crippen LogP contribution is -2.20. The zero-order chi connectivity index (χ0) is 18.9. The second-order valence-corrected chi connectivity index (χ2v) is 5.41. The molecule has 1 N–H and O–H groups in total. The van der Waals surface area contributed by atoms with Gasteiger partial charge in [-0.1, -0.05) is 24.3 Å². The highest BCUT2D eigenvalue weighted by Gasteiger charge is 2.08. The Labute approximate surface area is 151 Å². The van der Waals surface area contributed by atoms with Crippen LogP contribution in [0.15, 0.2) is 54.6 Å². The minimum Gasteiger partial charge on any atom is -0.465 e. The van der Waals surface area contributed by atoms with Crippen LogP contribution in [0.4, 0.5) is 5.69 Å². The lowest BCUT2D eigenvalue weighted by Gasteiger charge is -2.06. The summed E-state index contributed by atoms with van der Waals surface area (Å²) >= 11 is 0. The Balaban J connectivity index is 1.82. The number of carbonyl (C=O) groups is 3. The monoisotopic (exact) mass is 353 g/mol. The van der Waals surface area contributed by atoms with Crippen LogP contribution in [0.5, 0.6) is 0 Å². The van der Waals surface area contributed by atoms with Gasteiger partial charge in [0.25, 0.3) is 5.91 Å². The number of aryl methyl sites for hydroxylation is 1. The van der Waals surface area contributed by atoms with E-state index in [0.29, 0.717) is 11.3 Å². The minimum absolute atomic E-state index is 0.373. The van der Waals surface area contributed by atoms with Crippen LogP contribution in [0.2, 0.25) is 0 Å². The zero-order valence-corrected chi connectivity index (χ0v) is 14.5. The fraction of sp³-hybridized carbons (Fsp3) is 0.150. The number of esters is 2. The topological polar surface area (TPSA) is 81.7 Å². The van der Waals surface area contributed by atoms with E-state index in [9.17, 15) is 14.4 Å². The molecule has 2 aromatic rings. The van der Waals surface area contributed by atoms with Gasteiger partial charge in [-0.2, -0.15) is 0 Å². The molecule has 0 aliphatic rings. The molecule has 6 heteroatoms. The molecular weight excluding hydrogens is 334 g/mol. The Bertz CT molecular complexity index is 824. The maximum Gasteiger partial charge on any atom is 0.337 e. The number of methoxy groups -OCH3 is 1. The molecule has 26 heavy (non-hydrogen) atoms. The summed E-state index contributed by atoms with van der Waals surface area (Å²) in [6.07, 6.45) is 2.92. The largest absolute Gasteiger partial charge is 0.465 e. The number of benzene rings is 2. The predicted octanol–water partition coefficient (Wildman–Crippen LogP) is 2.98. The number of ether oxygens (including phenoxy) is 2. The third-order valence-electron chi connectivity index (χ3n) is 3.52. The highest BCUT2D eigenvalue weighted by Crippen LogP contribution is 2.11. The molecule has 0 aliphatic heterocycles. The van der Waals surface area contributed by atoms with Crippen LogP contribution in [0.3, 0.4) is 0 Å². The minimum atomic E-state index is -0.607. The van der Waals surface area contributed by atoms with Gasteiger partial charge in [0.15, 0.2) is 6.61 Å². The first-order valence-corrected chi connectivity index (χ1v) is 7.88. The highest BCUT2D eigenvalue weighted by atomic mass is 16.5. The van der Waals surface area contributed by atoms with Crippen LogP contribution in [0.1, 0.15) is 21.5 Å². The number of anilines is 1. The summed E-state index contributed by atoms with van der Waals surface area (Å²) in [5.74, 6) is -1.55. The standard InChI is InChI=1S/C20H19NO5/c1-14-5-3-4-6-15(14)9-12-19(23)26-13-18(22)21-17-10-7-16(8-11-17)20(24)25-2/h3-12H,13H2,1-2H3,(H,21,22)/b12-9+. The molecule has 2 rings (SSSR count). The molecule has 0 heterocycles. The van der Waals surface area contributed by atoms with Crippen molar-refractivity contribution in [2.45, 2.75) is 6.92 Å². The van der Waals surface area contributed by atoms with Gasteiger partial charge in [-0.15, -0.1) is 0 Å². The van der Waals surface area contributed by atoms with Crippen molar-refractivity contribution >= 4 is 29.6 Å². The smallest absolute Gasteiger partial charge is 0.337 e. The zero-order valence-electron chi connectivity index (χ0n) is 14.5. The van der Waals surface area contributed by atoms with Crippen LogP contribution in [-0.2, 0) is 19.1 Å². The number of rotatable bonds is 6. The molecule has 1 amide bonds. The van der Waals surface area contributed by atoms with E-state index in [1.54, 1.807) is 18.2 Å². The van der Waals surface area contributed by atoms with Crippen molar-refractivity contribution in [3.63, 3.8) is 0 Å². The lowest BCUT2D eigenvalue weighted by atomic mass is 10.1. The average Bonchev–Trinajstić information content (AvgIpc) is 2.65. The van der Waals surface area contributed by atoms with E-state index >= 15 is 0 Å². The van der Waals surface area contributed by atoms with Crippen molar-refractivity contribution in [3.05, 3.63) is 71.3 Å². The first-order chi connectivity index (χ1) is 12.5. The van der Waals surface area contributed by atoms with Gasteiger partial charge >= 0.3 is 11.9 Å². The third kappa shape index (κ3) is 5.59. The Morgan fingerprint density at radius 2 is 1.73 bits per heavy atom. The van der Waals surface area contributed by atoms with E-state index in [4.69, 9.17) is 4.74 Å². The van der Waals surface area contributed by atoms with Gasteiger partial charge in [0.2, 0.25) is 0 Å². The van der Waals surface area contributed by atoms with E-state index in [0.717, 1.165) is 11.1 Å². The van der Waals surface area contributed by atoms with E-state index in [2.05, 4.69) is 10.1 Å². The van der Waals surface area contributed by atoms with Crippen LogP contribution in [-0.4, -0.2) is 31.6 Å². The summed E-state index contributed by atoms with van der Waals surface area (Å²) in [4.78, 5) is 34.8. The Morgan fingerprint density at radius 1 is 1.04 bits per heavy atom. The average molecular weight is 353 g/mol. The van der Waals surface area contributed by atoms with Crippen molar-refractivity contribution in [3.8, 4) is 0 Å². The molecule has 134 valence electrons. The fourth-order valence-electron chi connectivity index (χ4n) is 2.12. The molecule has 0 aliphatic carbocycles. The number of hydrogen-bond acceptors (Lipinski definition) is 5. The quantitative estimate of drug-likeness (QED) is 0.638. The van der Waals surface area contributed by atoms with Gasteiger partial charge in [-0.05, 0) is 48.4 Å². The molecule has 0 radical (unpaired) electrons. The van der Waals surface area contributed by atoms with Crippen LogP contribution >= 0.6 is 0 Å². The van der Waals surface area contributed by atoms with Crippen molar-refractivity contribution in [1.29, 1.82) is 0 Å². The maximum absolute atomic E-state index is 11.8. The molecule has 0 unspecified atom stereocenters. The summed E-state index contributed by atoms with van der Waals surface area (Å²) in [6, 6.07) is 13.8. The van der Waals surface area contributed by atoms with E-state index in [1.807, 2.05) is 31.2 Å². The summed E-state index contributed by atoms with van der Waals surface area (Å²) in [5, 5.41) is 2.57. The van der Waals surface area contributed by atoms with Gasteiger partial charge in [0.05, 0.1) is 12.7 Å². The fourth-order valence-corrected chi connectivity index (χ4v) is 2.12. The number of hydrogen-bond donors (Lipinski definition) is 1. The molecule has 0 atom stereocenters. The van der Waals surface area contributed by atoms with Gasteiger partial charge < -0.3 is 14.8 Å². The Morgan fingerprint density at radius 3 is 2.38 bits per heavy atom. The summed E-state index contributed by atoms with van der Waals surface area (Å²) in [5.41, 5.74) is 2.79. The summed E-state index contributed by atoms with van der Waals surface area (Å²) in [7, 11) is 1.29. The van der Waals surface area contributed by atoms with Crippen molar-refractivity contribution in [2.75, 3.05) is 19.0 Å². The Hall–Kier alpha value is -3.41. The molecule has 0 bridgehead atoms. The summed E-state index contributed by atoms with van der Waals surface area (Å²) in [6.45, 7) is 1.53. The second-order valence-electron chi connectivity index (χ2n) is 5.41. The normalized spacial score (nSPS) is 10.4. The molecule has 0 spiro atoms. The number of amides is 1. The number of nitrogens with one attached hydrogen (secondary N) is 1. The lowest BCUT2D eigenvalue weighted by molar-refractivity contribution is -0.142. The van der Waals surface area contributed by atoms with Crippen molar-refractivity contribution in [1.82, 2.24) is 0 Å². The predicted molar refractivity (Wildman–Crippen MR) is 97.6 cm³/mol. The van der Waals surface area contributed by atoms with E-state index in [-0.39, 0.29) is 0 Å². The maximum atomic E-state index is 11.8. The molecule has 6 nitrogen and oxygen atoms in total. The first kappa shape index (κ1) is 18.9. The van der Waals surface area contributed by atoms with Gasteiger partial charge in [-0.25, -0.2) is 9.59 Å². The molecular formula is C20H19NO5. The van der Waals surface area contributed by atoms with E-state index in [1.165, 1.54) is 25.3 Å². The first-order valence-electron chi connectivity index (χ1n) is 7.88. The van der Waals surface area contributed by atoms with Crippen LogP contribution < -0.4 is 5.32 Å². The highest BCUT2D eigenvalue weighted by molar-refractivity contribution is 5.95. The van der Waals surface area contributed by atoms with E-state index < -0.39 is 24.5 Å². The summed E-state index contributed by atoms with van der Waals surface area (Å²) < 4.78 is 9.50. The van der Waals surface area contributed by atoms with Crippen LogP contribution in [0.25, 0.3) is 6.08 Å².